The van der Waals surface area contributed by atoms with Crippen molar-refractivity contribution < 1.29 is 27.5 Å². The number of carbonyl (C=O) groups is 2. The van der Waals surface area contributed by atoms with Gasteiger partial charge in [-0.25, -0.2) is 35.9 Å². The van der Waals surface area contributed by atoms with Gasteiger partial charge in [0.25, 0.3) is 0 Å². The highest BCUT2D eigenvalue weighted by atomic mass is 19.4. The second kappa shape index (κ2) is 13.4. The third-order valence-corrected chi connectivity index (χ3v) is 6.45. The van der Waals surface area contributed by atoms with Crippen LogP contribution in [0.3, 0.4) is 0 Å². The number of carbonyl (C=O) groups excluding carboxylic acids is 2. The van der Waals surface area contributed by atoms with Crippen LogP contribution in [0.15, 0.2) is 73.1 Å². The quantitative estimate of drug-likeness (QED) is 0.105. The molecule has 0 fully saturated rings. The van der Waals surface area contributed by atoms with Crippen molar-refractivity contribution >= 4 is 17.7 Å². The molecule has 226 valence electrons. The lowest BCUT2D eigenvalue weighted by molar-refractivity contribution is -0.274. The lowest BCUT2D eigenvalue weighted by Gasteiger charge is -2.24. The first-order valence-electron chi connectivity index (χ1n) is 13.3. The third kappa shape index (κ3) is 8.30. The van der Waals surface area contributed by atoms with Crippen molar-refractivity contribution in [1.82, 2.24) is 25.1 Å². The second-order valence-corrected chi connectivity index (χ2v) is 9.75. The predicted octanol–water partition coefficient (Wildman–Crippen LogP) is 5.16. The molecule has 4 aromatic rings. The molecule has 4 rings (SSSR count). The number of hydrogen-bond acceptors (Lipinski definition) is 7. The Morgan fingerprint density at radius 2 is 1.67 bits per heavy atom. The standard InChI is InChI=1S/C29H31F3N8O3/c1-19-6-15-25(20(2)17-19)39(33)28(42)40(34)27(41)35-16-4-3-5-21-7-9-22(10-8-21)26-36-18-38(37-26)23-11-13-24(14-12-23)43-29(30,31)32/h6-15,17-18H,3-5,16,33-34H2,1-2H3,(H,35,41). The van der Waals surface area contributed by atoms with Crippen LogP contribution in [0.4, 0.5) is 28.4 Å². The monoisotopic (exact) mass is 596 g/mol. The molecular formula is C29H31F3N8O3. The molecule has 0 atom stereocenters. The number of nitrogens with zero attached hydrogens (tertiary/aromatic N) is 5. The van der Waals surface area contributed by atoms with Gasteiger partial charge in [0.05, 0.1) is 11.4 Å². The molecule has 43 heavy (non-hydrogen) atoms. The van der Waals surface area contributed by atoms with Crippen LogP contribution in [0, 0.1) is 13.8 Å². The van der Waals surface area contributed by atoms with Gasteiger partial charge in [-0.3, -0.25) is 0 Å². The largest absolute Gasteiger partial charge is 0.573 e. The van der Waals surface area contributed by atoms with Crippen LogP contribution in [0.1, 0.15) is 29.5 Å². The number of rotatable bonds is 9. The van der Waals surface area contributed by atoms with Gasteiger partial charge < -0.3 is 10.1 Å². The minimum atomic E-state index is -4.76. The van der Waals surface area contributed by atoms with E-state index in [2.05, 4.69) is 20.1 Å². The van der Waals surface area contributed by atoms with E-state index in [0.29, 0.717) is 35.2 Å². The zero-order chi connectivity index (χ0) is 31.1. The fourth-order valence-electron chi connectivity index (χ4n) is 4.26. The summed E-state index contributed by atoms with van der Waals surface area (Å²) in [7, 11) is 0. The minimum absolute atomic E-state index is 0.316. The molecule has 0 saturated heterocycles. The molecule has 1 heterocycles. The molecule has 0 aliphatic heterocycles. The number of aromatic nitrogens is 3. The Morgan fingerprint density at radius 3 is 2.33 bits per heavy atom. The Labute approximate surface area is 245 Å². The smallest absolute Gasteiger partial charge is 0.406 e. The molecule has 3 aromatic carbocycles. The molecular weight excluding hydrogens is 565 g/mol. The molecule has 0 aliphatic carbocycles. The number of benzene rings is 3. The van der Waals surface area contributed by atoms with E-state index in [1.807, 2.05) is 37.3 Å². The van der Waals surface area contributed by atoms with Crippen LogP contribution in [-0.4, -0.2) is 44.7 Å². The number of anilines is 1. The molecule has 0 radical (unpaired) electrons. The number of unbranched alkanes of at least 4 members (excludes halogenated alkanes) is 1. The average molecular weight is 597 g/mol. The van der Waals surface area contributed by atoms with Crippen molar-refractivity contribution in [1.29, 1.82) is 0 Å². The molecule has 1 aromatic heterocycles. The Bertz CT molecular complexity index is 1560. The van der Waals surface area contributed by atoms with Crippen LogP contribution < -0.4 is 26.7 Å². The normalized spacial score (nSPS) is 11.2. The van der Waals surface area contributed by atoms with Gasteiger partial charge in [-0.2, -0.15) is 5.01 Å². The molecule has 0 unspecified atom stereocenters. The molecule has 4 amide bonds. The molecule has 0 saturated carbocycles. The summed E-state index contributed by atoms with van der Waals surface area (Å²) in [5, 5.41) is 8.31. The first-order valence-corrected chi connectivity index (χ1v) is 13.3. The van der Waals surface area contributed by atoms with Crippen LogP contribution in [-0.2, 0) is 6.42 Å². The highest BCUT2D eigenvalue weighted by Crippen LogP contribution is 2.24. The number of ether oxygens (including phenoxy) is 1. The van der Waals surface area contributed by atoms with Crippen molar-refractivity contribution in [3.05, 3.63) is 89.7 Å². The predicted molar refractivity (Wildman–Crippen MR) is 154 cm³/mol. The summed E-state index contributed by atoms with van der Waals surface area (Å²) in [4.78, 5) is 29.2. The minimum Gasteiger partial charge on any atom is -0.406 e. The summed E-state index contributed by atoms with van der Waals surface area (Å²) in [6, 6.07) is 16.7. The molecule has 14 heteroatoms. The number of urea groups is 2. The fourth-order valence-corrected chi connectivity index (χ4v) is 4.26. The molecule has 0 spiro atoms. The second-order valence-electron chi connectivity index (χ2n) is 9.75. The molecule has 0 aliphatic rings. The summed E-state index contributed by atoms with van der Waals surface area (Å²) in [6.45, 7) is 4.04. The first kappa shape index (κ1) is 31.0. The van der Waals surface area contributed by atoms with Gasteiger partial charge in [0.15, 0.2) is 5.82 Å². The maximum atomic E-state index is 12.5. The van der Waals surface area contributed by atoms with Gasteiger partial charge in [0.1, 0.15) is 12.1 Å². The zero-order valence-corrected chi connectivity index (χ0v) is 23.5. The molecule has 5 N–H and O–H groups in total. The number of nitrogens with one attached hydrogen (secondary N) is 1. The summed E-state index contributed by atoms with van der Waals surface area (Å²) < 4.78 is 42.4. The summed E-state index contributed by atoms with van der Waals surface area (Å²) >= 11 is 0. The van der Waals surface area contributed by atoms with Crippen LogP contribution >= 0.6 is 0 Å². The van der Waals surface area contributed by atoms with Gasteiger partial charge >= 0.3 is 18.4 Å². The van der Waals surface area contributed by atoms with E-state index in [-0.39, 0.29) is 5.75 Å². The van der Waals surface area contributed by atoms with Crippen LogP contribution in [0.2, 0.25) is 0 Å². The van der Waals surface area contributed by atoms with E-state index in [0.717, 1.165) is 40.1 Å². The topological polar surface area (TPSA) is 145 Å². The SMILES string of the molecule is Cc1ccc(N(N)C(=O)N(N)C(=O)NCCCCc2ccc(-c3ncn(-c4ccc(OC(F)(F)F)cc4)n3)cc2)c(C)c1. The maximum Gasteiger partial charge on any atom is 0.573 e. The lowest BCUT2D eigenvalue weighted by atomic mass is 10.1. The van der Waals surface area contributed by atoms with Gasteiger partial charge in [0, 0.05) is 12.1 Å². The first-order chi connectivity index (χ1) is 20.4. The van der Waals surface area contributed by atoms with E-state index in [1.165, 1.54) is 35.3 Å². The van der Waals surface area contributed by atoms with Crippen molar-refractivity contribution in [2.45, 2.75) is 39.5 Å². The van der Waals surface area contributed by atoms with E-state index in [4.69, 9.17) is 11.7 Å². The number of amides is 4. The van der Waals surface area contributed by atoms with Crippen molar-refractivity contribution in [2.75, 3.05) is 11.6 Å². The van der Waals surface area contributed by atoms with Gasteiger partial charge in [-0.15, -0.1) is 18.3 Å². The maximum absolute atomic E-state index is 12.5. The Balaban J connectivity index is 1.21. The number of imide groups is 1. The third-order valence-electron chi connectivity index (χ3n) is 6.45. The fraction of sp³-hybridized carbons (Fsp3) is 0.241. The summed E-state index contributed by atoms with van der Waals surface area (Å²) in [6.07, 6.45) is -1.11. The Kier molecular flexibility index (Phi) is 9.63. The van der Waals surface area contributed by atoms with E-state index >= 15 is 0 Å². The van der Waals surface area contributed by atoms with E-state index in [9.17, 15) is 22.8 Å². The Hall–Kier alpha value is -4.95. The van der Waals surface area contributed by atoms with E-state index < -0.39 is 18.4 Å². The van der Waals surface area contributed by atoms with Gasteiger partial charge in [-0.1, -0.05) is 42.0 Å². The number of hydrazine groups is 2. The van der Waals surface area contributed by atoms with Gasteiger partial charge in [-0.05, 0) is 74.6 Å². The van der Waals surface area contributed by atoms with Crippen LogP contribution in [0.5, 0.6) is 5.75 Å². The average Bonchev–Trinajstić information content (AvgIpc) is 3.46. The number of alkyl halides is 3. The molecule has 0 bridgehead atoms. The van der Waals surface area contributed by atoms with E-state index in [1.54, 1.807) is 19.1 Å². The number of hydrogen-bond donors (Lipinski definition) is 3. The zero-order valence-electron chi connectivity index (χ0n) is 23.5. The highest BCUT2D eigenvalue weighted by molar-refractivity contribution is 6.01. The lowest BCUT2D eigenvalue weighted by Crippen LogP contribution is -2.56. The summed E-state index contributed by atoms with van der Waals surface area (Å²) in [5.41, 5.74) is 4.60. The van der Waals surface area contributed by atoms with Crippen LogP contribution in [0.25, 0.3) is 17.1 Å². The number of halogens is 3. The van der Waals surface area contributed by atoms with Crippen molar-refractivity contribution in [3.8, 4) is 22.8 Å². The van der Waals surface area contributed by atoms with Crippen molar-refractivity contribution in [2.24, 2.45) is 11.7 Å². The molecule has 11 nitrogen and oxygen atoms in total. The Morgan fingerprint density at radius 1 is 0.977 bits per heavy atom. The highest BCUT2D eigenvalue weighted by Gasteiger charge is 2.31. The van der Waals surface area contributed by atoms with Crippen molar-refractivity contribution in [3.63, 3.8) is 0 Å². The number of nitrogens with two attached hydrogens (primary N) is 2. The summed E-state index contributed by atoms with van der Waals surface area (Å²) in [5.74, 6) is 11.7. The number of aryl methyl sites for hydroxylation is 3. The van der Waals surface area contributed by atoms with Gasteiger partial charge in [0.2, 0.25) is 0 Å².